The molecule has 0 radical (unpaired) electrons. The Hall–Kier alpha value is -1.33. The topological polar surface area (TPSA) is 0 Å². The first-order valence-corrected chi connectivity index (χ1v) is 15.2. The molecular formula is C24H27SiTe-. The van der Waals surface area contributed by atoms with Crippen molar-refractivity contribution >= 4 is 40.5 Å². The Morgan fingerprint density at radius 2 is 0.962 bits per heavy atom. The zero-order valence-electron chi connectivity index (χ0n) is 16.6. The first-order valence-electron chi connectivity index (χ1n) is 9.13. The molecule has 134 valence electrons. The molecule has 3 aromatic rings. The Kier molecular flexibility index (Phi) is 6.08. The van der Waals surface area contributed by atoms with Crippen LogP contribution in [0.3, 0.4) is 0 Å². The second-order valence-electron chi connectivity index (χ2n) is 7.29. The van der Waals surface area contributed by atoms with Crippen molar-refractivity contribution in [2.24, 2.45) is 0 Å². The summed E-state index contributed by atoms with van der Waals surface area (Å²) in [4.78, 5) is 0. The van der Waals surface area contributed by atoms with Gasteiger partial charge in [-0.25, -0.2) is 0 Å². The molecule has 0 spiro atoms. The Labute approximate surface area is 169 Å². The number of rotatable bonds is 4. The van der Waals surface area contributed by atoms with Crippen molar-refractivity contribution in [1.29, 1.82) is 0 Å². The van der Waals surface area contributed by atoms with Gasteiger partial charge in [0.25, 0.3) is 0 Å². The van der Waals surface area contributed by atoms with Crippen molar-refractivity contribution in [3.63, 3.8) is 0 Å². The second-order valence-corrected chi connectivity index (χ2v) is 15.7. The van der Waals surface area contributed by atoms with E-state index in [0.29, 0.717) is 0 Å². The van der Waals surface area contributed by atoms with Crippen molar-refractivity contribution in [2.45, 2.75) is 41.5 Å². The van der Waals surface area contributed by atoms with Crippen molar-refractivity contribution < 1.29 is 0 Å². The van der Waals surface area contributed by atoms with Gasteiger partial charge in [0.05, 0.1) is 0 Å². The number of hydrogen-bond donors (Lipinski definition) is 0. The molecule has 0 N–H and O–H groups in total. The van der Waals surface area contributed by atoms with E-state index in [4.69, 9.17) is 0 Å². The van der Waals surface area contributed by atoms with Gasteiger partial charge in [-0.2, -0.15) is 0 Å². The fraction of sp³-hybridized carbons (Fsp3) is 0.250. The Balaban J connectivity index is 2.21. The monoisotopic (exact) mass is 473 g/mol. The fourth-order valence-corrected chi connectivity index (χ4v) is 17.4. The Bertz CT molecular complexity index is 825. The third-order valence-electron chi connectivity index (χ3n) is 4.77. The molecule has 0 aliphatic heterocycles. The molecule has 0 saturated carbocycles. The summed E-state index contributed by atoms with van der Waals surface area (Å²) in [5.74, 6) is 0. The van der Waals surface area contributed by atoms with Gasteiger partial charge in [-0.05, 0) is 0 Å². The fourth-order valence-electron chi connectivity index (χ4n) is 3.91. The first kappa shape index (κ1) is 19.4. The predicted molar refractivity (Wildman–Crippen MR) is 118 cm³/mol. The van der Waals surface area contributed by atoms with Crippen LogP contribution in [-0.4, -0.2) is 26.5 Å². The van der Waals surface area contributed by atoms with Gasteiger partial charge in [-0.3, -0.25) is 0 Å². The Morgan fingerprint density at radius 3 is 1.35 bits per heavy atom. The third-order valence-corrected chi connectivity index (χ3v) is 15.7. The molecule has 3 aromatic carbocycles. The quantitative estimate of drug-likeness (QED) is 0.510. The summed E-state index contributed by atoms with van der Waals surface area (Å²) in [5.41, 5.74) is 8.69. The van der Waals surface area contributed by atoms with E-state index in [0.717, 1.165) is 0 Å². The summed E-state index contributed by atoms with van der Waals surface area (Å²) in [6.45, 7) is 13.7. The number of aryl methyl sites for hydroxylation is 6. The van der Waals surface area contributed by atoms with Gasteiger partial charge < -0.3 is 0 Å². The van der Waals surface area contributed by atoms with Gasteiger partial charge in [0.15, 0.2) is 0 Å². The van der Waals surface area contributed by atoms with Crippen molar-refractivity contribution in [3.8, 4) is 0 Å². The van der Waals surface area contributed by atoms with Crippen LogP contribution in [-0.2, 0) is 0 Å². The molecule has 0 amide bonds. The Morgan fingerprint density at radius 1 is 0.577 bits per heavy atom. The molecular weight excluding hydrogens is 444 g/mol. The van der Waals surface area contributed by atoms with Crippen molar-refractivity contribution in [2.75, 3.05) is 0 Å². The van der Waals surface area contributed by atoms with Gasteiger partial charge in [-0.15, -0.1) is 0 Å². The molecule has 0 bridgehead atoms. The van der Waals surface area contributed by atoms with Crippen LogP contribution in [0.15, 0.2) is 54.6 Å². The van der Waals surface area contributed by atoms with Gasteiger partial charge in [0.2, 0.25) is 0 Å². The van der Waals surface area contributed by atoms with E-state index in [9.17, 15) is 0 Å². The molecule has 0 atom stereocenters. The van der Waals surface area contributed by atoms with Crippen LogP contribution in [0.25, 0.3) is 0 Å². The van der Waals surface area contributed by atoms with E-state index < -0.39 is 6.34 Å². The summed E-state index contributed by atoms with van der Waals surface area (Å²) >= 11 is -0.304. The predicted octanol–water partition coefficient (Wildman–Crippen LogP) is 3.67. The molecule has 0 nitrogen and oxygen atoms in total. The zero-order chi connectivity index (χ0) is 18.8. The summed E-state index contributed by atoms with van der Waals surface area (Å²) in [7, 11) is 0. The van der Waals surface area contributed by atoms with Gasteiger partial charge in [0, 0.05) is 0 Å². The third kappa shape index (κ3) is 4.14. The van der Waals surface area contributed by atoms with Crippen LogP contribution >= 0.6 is 0 Å². The molecule has 3 rings (SSSR count). The van der Waals surface area contributed by atoms with E-state index in [1.807, 2.05) is 0 Å². The normalized spacial score (nSPS) is 10.8. The van der Waals surface area contributed by atoms with E-state index in [-0.39, 0.29) is 20.1 Å². The average molecular weight is 471 g/mol. The SMILES string of the molecule is Cc1cc(C)c([Si-]([Te]c2ccccc2)c2c(C)cc(C)cc2C)c(C)c1. The van der Waals surface area contributed by atoms with E-state index >= 15 is 0 Å². The van der Waals surface area contributed by atoms with Crippen molar-refractivity contribution in [3.05, 3.63) is 88.0 Å². The minimum atomic E-state index is -0.775. The molecule has 0 aliphatic carbocycles. The summed E-state index contributed by atoms with van der Waals surface area (Å²) in [6.07, 6.45) is -0.775. The summed E-state index contributed by atoms with van der Waals surface area (Å²) in [6, 6.07) is 20.7. The van der Waals surface area contributed by atoms with E-state index in [2.05, 4.69) is 96.1 Å². The van der Waals surface area contributed by atoms with Crippen LogP contribution in [0.2, 0.25) is 0 Å². The van der Waals surface area contributed by atoms with Gasteiger partial charge >= 0.3 is 170 Å². The maximum atomic E-state index is 2.38. The standard InChI is InChI=1S/C24H27SiTe/c1-16-12-18(3)23(19(4)13-16)25(26-22-10-8-7-9-11-22)24-20(5)14-17(2)15-21(24)6/h7-15H,1-6H3/q-1. The molecule has 0 aliphatic rings. The zero-order valence-corrected chi connectivity index (χ0v) is 19.9. The van der Waals surface area contributed by atoms with Crippen LogP contribution in [0.5, 0.6) is 0 Å². The second kappa shape index (κ2) is 8.13. The van der Waals surface area contributed by atoms with Gasteiger partial charge in [0.1, 0.15) is 0 Å². The molecule has 0 aromatic heterocycles. The molecule has 0 saturated heterocycles. The first-order chi connectivity index (χ1) is 12.4. The average Bonchev–Trinajstić information content (AvgIpc) is 2.53. The molecule has 0 heterocycles. The van der Waals surface area contributed by atoms with E-state index in [1.54, 1.807) is 14.0 Å². The van der Waals surface area contributed by atoms with Crippen LogP contribution in [0.1, 0.15) is 33.4 Å². The van der Waals surface area contributed by atoms with E-state index in [1.165, 1.54) is 33.4 Å². The number of benzene rings is 3. The molecule has 2 heteroatoms. The van der Waals surface area contributed by atoms with Crippen LogP contribution in [0.4, 0.5) is 0 Å². The van der Waals surface area contributed by atoms with Crippen LogP contribution in [0, 0.1) is 41.5 Å². The molecule has 0 unspecified atom stereocenters. The van der Waals surface area contributed by atoms with Crippen LogP contribution < -0.4 is 14.0 Å². The number of hydrogen-bond acceptors (Lipinski definition) is 0. The summed E-state index contributed by atoms with van der Waals surface area (Å²) in [5, 5.41) is 3.31. The minimum absolute atomic E-state index is 0.304. The van der Waals surface area contributed by atoms with Crippen molar-refractivity contribution in [1.82, 2.24) is 0 Å². The molecule has 0 fully saturated rings. The maximum absolute atomic E-state index is 2.38. The molecule has 26 heavy (non-hydrogen) atoms. The van der Waals surface area contributed by atoms with Gasteiger partial charge in [-0.1, -0.05) is 0 Å². The summed E-state index contributed by atoms with van der Waals surface area (Å²) < 4.78 is 1.57.